The van der Waals surface area contributed by atoms with Gasteiger partial charge < -0.3 is 15.2 Å². The zero-order valence-electron chi connectivity index (χ0n) is 11.5. The molecule has 1 unspecified atom stereocenters. The summed E-state index contributed by atoms with van der Waals surface area (Å²) in [5.41, 5.74) is 2.80. The molecule has 1 amide bonds. The van der Waals surface area contributed by atoms with Gasteiger partial charge in [-0.15, -0.1) is 0 Å². The topological polar surface area (TPSA) is 69.8 Å². The van der Waals surface area contributed by atoms with Crippen LogP contribution < -0.4 is 10.6 Å². The summed E-state index contributed by atoms with van der Waals surface area (Å²) in [6.07, 6.45) is 2.99. The molecule has 0 radical (unpaired) electrons. The minimum atomic E-state index is -0.118. The van der Waals surface area contributed by atoms with Crippen molar-refractivity contribution in [1.29, 1.82) is 5.26 Å². The first-order valence-electron chi connectivity index (χ1n) is 6.70. The number of hydrogen-bond acceptors (Lipinski definition) is 3. The van der Waals surface area contributed by atoms with Gasteiger partial charge in [0, 0.05) is 25.8 Å². The highest BCUT2D eigenvalue weighted by molar-refractivity contribution is 5.81. The third-order valence-corrected chi connectivity index (χ3v) is 3.83. The number of nitrogens with zero attached hydrogens (tertiary/aromatic N) is 2. The van der Waals surface area contributed by atoms with Crippen LogP contribution in [0.2, 0.25) is 0 Å². The first-order valence-corrected chi connectivity index (χ1v) is 6.70. The van der Waals surface area contributed by atoms with Crippen molar-refractivity contribution in [1.82, 2.24) is 15.2 Å². The largest absolute Gasteiger partial charge is 0.355 e. The van der Waals surface area contributed by atoms with Crippen molar-refractivity contribution < 1.29 is 4.79 Å². The minimum absolute atomic E-state index is 0.0894. The molecule has 102 valence electrons. The van der Waals surface area contributed by atoms with Gasteiger partial charge in [-0.25, -0.2) is 0 Å². The fourth-order valence-corrected chi connectivity index (χ4v) is 2.42. The van der Waals surface area contributed by atoms with Gasteiger partial charge in [0.15, 0.2) is 0 Å². The summed E-state index contributed by atoms with van der Waals surface area (Å²) in [4.78, 5) is 11.8. The lowest BCUT2D eigenvalue weighted by atomic mass is 10.1. The lowest BCUT2D eigenvalue weighted by molar-refractivity contribution is -0.122. The molecule has 1 fully saturated rings. The molecule has 0 aliphatic carbocycles. The Balaban J connectivity index is 2.02. The highest BCUT2D eigenvalue weighted by atomic mass is 16.2. The molecule has 1 aromatic heterocycles. The summed E-state index contributed by atoms with van der Waals surface area (Å²) in [7, 11) is 1.88. The van der Waals surface area contributed by atoms with Gasteiger partial charge in [-0.05, 0) is 37.8 Å². The van der Waals surface area contributed by atoms with Crippen LogP contribution in [-0.2, 0) is 18.4 Å². The number of nitrogens with one attached hydrogen (secondary N) is 2. The molecule has 2 rings (SSSR count). The Hall–Kier alpha value is -1.80. The molecule has 1 atom stereocenters. The van der Waals surface area contributed by atoms with Gasteiger partial charge in [0.1, 0.15) is 11.8 Å². The first-order chi connectivity index (χ1) is 9.13. The van der Waals surface area contributed by atoms with Crippen LogP contribution in [0.15, 0.2) is 6.07 Å². The van der Waals surface area contributed by atoms with Crippen LogP contribution in [0.3, 0.4) is 0 Å². The molecule has 1 saturated heterocycles. The number of nitriles is 1. The number of carbonyl (C=O) groups excluding carboxylic acids is 1. The molecule has 0 spiro atoms. The van der Waals surface area contributed by atoms with E-state index in [0.29, 0.717) is 12.2 Å². The second-order valence-electron chi connectivity index (χ2n) is 5.03. The molecule has 1 aliphatic rings. The first kappa shape index (κ1) is 13.6. The third kappa shape index (κ3) is 2.96. The third-order valence-electron chi connectivity index (χ3n) is 3.83. The van der Waals surface area contributed by atoms with Crippen LogP contribution >= 0.6 is 0 Å². The number of rotatable bonds is 3. The van der Waals surface area contributed by atoms with E-state index in [1.807, 2.05) is 24.6 Å². The quantitative estimate of drug-likeness (QED) is 0.850. The lowest BCUT2D eigenvalue weighted by Crippen LogP contribution is -2.42. The van der Waals surface area contributed by atoms with E-state index in [9.17, 15) is 4.79 Å². The highest BCUT2D eigenvalue weighted by Gasteiger charge is 2.20. The highest BCUT2D eigenvalue weighted by Crippen LogP contribution is 2.14. The fourth-order valence-electron chi connectivity index (χ4n) is 2.42. The molecule has 19 heavy (non-hydrogen) atoms. The van der Waals surface area contributed by atoms with Gasteiger partial charge in [0.05, 0.1) is 6.04 Å². The van der Waals surface area contributed by atoms with E-state index in [-0.39, 0.29) is 11.9 Å². The number of carbonyl (C=O) groups is 1. The summed E-state index contributed by atoms with van der Waals surface area (Å²) in [5.74, 6) is 0.0894. The molecule has 0 bridgehead atoms. The predicted octanol–water partition coefficient (Wildman–Crippen LogP) is 0.963. The second kappa shape index (κ2) is 5.89. The molecule has 1 aromatic rings. The number of amides is 1. The number of hydrogen-bond donors (Lipinski definition) is 2. The van der Waals surface area contributed by atoms with E-state index in [1.165, 1.54) is 0 Å². The Morgan fingerprint density at radius 1 is 1.58 bits per heavy atom. The van der Waals surface area contributed by atoms with Crippen LogP contribution in [0.25, 0.3) is 0 Å². The zero-order chi connectivity index (χ0) is 13.8. The second-order valence-corrected chi connectivity index (χ2v) is 5.03. The van der Waals surface area contributed by atoms with Crippen LogP contribution in [0.5, 0.6) is 0 Å². The fraction of sp³-hybridized carbons (Fsp3) is 0.571. The van der Waals surface area contributed by atoms with E-state index in [4.69, 9.17) is 5.26 Å². The Bertz CT molecular complexity index is 512. The SMILES string of the molecule is Cc1c(CNC2CCCCNC2=O)cc(C#N)n1C. The molecule has 0 aromatic carbocycles. The molecule has 5 nitrogen and oxygen atoms in total. The van der Waals surface area contributed by atoms with Crippen molar-refractivity contribution in [2.45, 2.75) is 38.8 Å². The molecule has 1 aliphatic heterocycles. The van der Waals surface area contributed by atoms with Gasteiger partial charge in [0.2, 0.25) is 5.91 Å². The molecule has 2 N–H and O–H groups in total. The molecule has 0 saturated carbocycles. The standard InChI is InChI=1S/C14H20N4O/c1-10-11(7-12(8-15)18(10)2)9-17-13-5-3-4-6-16-14(13)19/h7,13,17H,3-6,9H2,1-2H3,(H,16,19). The summed E-state index contributed by atoms with van der Waals surface area (Å²) < 4.78 is 1.88. The average Bonchev–Trinajstić information content (AvgIpc) is 2.57. The Kier molecular flexibility index (Phi) is 4.23. The van der Waals surface area contributed by atoms with Gasteiger partial charge in [0.25, 0.3) is 0 Å². The van der Waals surface area contributed by atoms with Gasteiger partial charge in [-0.2, -0.15) is 5.26 Å². The Morgan fingerprint density at radius 3 is 3.05 bits per heavy atom. The normalized spacial score (nSPS) is 19.6. The maximum atomic E-state index is 11.8. The summed E-state index contributed by atoms with van der Waals surface area (Å²) in [6.45, 7) is 3.39. The van der Waals surface area contributed by atoms with Crippen molar-refractivity contribution in [3.8, 4) is 6.07 Å². The maximum Gasteiger partial charge on any atom is 0.237 e. The Labute approximate surface area is 113 Å². The van der Waals surface area contributed by atoms with Crippen molar-refractivity contribution in [2.75, 3.05) is 6.54 Å². The Morgan fingerprint density at radius 2 is 2.37 bits per heavy atom. The van der Waals surface area contributed by atoms with Crippen LogP contribution in [0.1, 0.15) is 36.2 Å². The summed E-state index contributed by atoms with van der Waals surface area (Å²) in [5, 5.41) is 15.2. The monoisotopic (exact) mass is 260 g/mol. The maximum absolute atomic E-state index is 11.8. The van der Waals surface area contributed by atoms with Crippen molar-refractivity contribution >= 4 is 5.91 Å². The minimum Gasteiger partial charge on any atom is -0.355 e. The summed E-state index contributed by atoms with van der Waals surface area (Å²) in [6, 6.07) is 3.94. The van der Waals surface area contributed by atoms with E-state index < -0.39 is 0 Å². The average molecular weight is 260 g/mol. The lowest BCUT2D eigenvalue weighted by Gasteiger charge is -2.15. The van der Waals surface area contributed by atoms with E-state index in [0.717, 1.165) is 37.1 Å². The van der Waals surface area contributed by atoms with Crippen LogP contribution in [0, 0.1) is 18.3 Å². The summed E-state index contributed by atoms with van der Waals surface area (Å²) >= 11 is 0. The van der Waals surface area contributed by atoms with Crippen LogP contribution in [-0.4, -0.2) is 23.1 Å². The van der Waals surface area contributed by atoms with Crippen molar-refractivity contribution in [3.05, 3.63) is 23.0 Å². The molecule has 2 heterocycles. The van der Waals surface area contributed by atoms with Gasteiger partial charge in [-0.1, -0.05) is 0 Å². The molecular formula is C14H20N4O. The van der Waals surface area contributed by atoms with Gasteiger partial charge >= 0.3 is 0 Å². The van der Waals surface area contributed by atoms with Crippen molar-refractivity contribution in [2.24, 2.45) is 7.05 Å². The van der Waals surface area contributed by atoms with E-state index in [1.54, 1.807) is 0 Å². The van der Waals surface area contributed by atoms with E-state index in [2.05, 4.69) is 16.7 Å². The van der Waals surface area contributed by atoms with E-state index >= 15 is 0 Å². The van der Waals surface area contributed by atoms with Crippen LogP contribution in [0.4, 0.5) is 0 Å². The molecule has 5 heteroatoms. The molecular weight excluding hydrogens is 240 g/mol. The predicted molar refractivity (Wildman–Crippen MR) is 72.4 cm³/mol. The van der Waals surface area contributed by atoms with Gasteiger partial charge in [-0.3, -0.25) is 4.79 Å². The zero-order valence-corrected chi connectivity index (χ0v) is 11.5. The smallest absolute Gasteiger partial charge is 0.237 e. The van der Waals surface area contributed by atoms with Crippen molar-refractivity contribution in [3.63, 3.8) is 0 Å². The number of aromatic nitrogens is 1.